The van der Waals surface area contributed by atoms with E-state index >= 15 is 0 Å². The molecule has 0 aliphatic heterocycles. The highest BCUT2D eigenvalue weighted by Crippen LogP contribution is 2.25. The molecule has 0 saturated heterocycles. The molecular formula is C15H16O. The molecule has 0 aliphatic carbocycles. The van der Waals surface area contributed by atoms with Gasteiger partial charge >= 0.3 is 0 Å². The number of carbonyl (C=O) groups excluding carboxylic acids is 1. The minimum Gasteiger partial charge on any atom is -0.294 e. The molecule has 0 radical (unpaired) electrons. The molecule has 1 heteroatoms. The predicted octanol–water partition coefficient (Wildman–Crippen LogP) is 4.17. The van der Waals surface area contributed by atoms with Gasteiger partial charge in [0.1, 0.15) is 0 Å². The molecule has 0 aromatic heterocycles. The maximum atomic E-state index is 11.6. The van der Waals surface area contributed by atoms with Crippen LogP contribution in [0, 0.1) is 0 Å². The second kappa shape index (κ2) is 4.09. The maximum absolute atomic E-state index is 11.6. The highest BCUT2D eigenvalue weighted by atomic mass is 16.1. The maximum Gasteiger partial charge on any atom is 0.160 e. The zero-order valence-electron chi connectivity index (χ0n) is 9.95. The van der Waals surface area contributed by atoms with Gasteiger partial charge in [0.05, 0.1) is 0 Å². The number of rotatable bonds is 2. The Bertz CT molecular complexity index is 538. The summed E-state index contributed by atoms with van der Waals surface area (Å²) in [5.74, 6) is 0.585. The molecule has 0 spiro atoms. The van der Waals surface area contributed by atoms with Crippen molar-refractivity contribution in [2.24, 2.45) is 0 Å². The average molecular weight is 212 g/mol. The summed E-state index contributed by atoms with van der Waals surface area (Å²) in [6.45, 7) is 5.92. The molecule has 0 bridgehead atoms. The zero-order valence-corrected chi connectivity index (χ0v) is 9.95. The number of Topliss-reactive ketones (excluding diaryl/α,β-unsaturated/α-hetero) is 1. The van der Waals surface area contributed by atoms with Gasteiger partial charge in [-0.1, -0.05) is 44.2 Å². The number of hydrogen-bond donors (Lipinski definition) is 0. The number of carbonyl (C=O) groups is 1. The van der Waals surface area contributed by atoms with E-state index in [1.807, 2.05) is 24.3 Å². The number of benzene rings is 2. The van der Waals surface area contributed by atoms with Crippen LogP contribution in [-0.2, 0) is 0 Å². The van der Waals surface area contributed by atoms with E-state index in [1.54, 1.807) is 6.92 Å². The molecule has 16 heavy (non-hydrogen) atoms. The summed E-state index contributed by atoms with van der Waals surface area (Å²) in [7, 11) is 0. The number of fused-ring (bicyclic) bond motifs is 1. The van der Waals surface area contributed by atoms with Crippen molar-refractivity contribution in [3.63, 3.8) is 0 Å². The smallest absolute Gasteiger partial charge is 0.160 e. The van der Waals surface area contributed by atoms with Crippen molar-refractivity contribution in [3.8, 4) is 0 Å². The van der Waals surface area contributed by atoms with E-state index in [1.165, 1.54) is 5.56 Å². The Morgan fingerprint density at radius 1 is 1.12 bits per heavy atom. The Morgan fingerprint density at radius 2 is 1.81 bits per heavy atom. The number of hydrogen-bond acceptors (Lipinski definition) is 1. The molecule has 2 rings (SSSR count). The Hall–Kier alpha value is -1.63. The van der Waals surface area contributed by atoms with Crippen LogP contribution in [0.1, 0.15) is 42.6 Å². The summed E-state index contributed by atoms with van der Waals surface area (Å²) in [5, 5.41) is 2.21. The highest BCUT2D eigenvalue weighted by molar-refractivity contribution is 6.07. The van der Waals surface area contributed by atoms with E-state index in [9.17, 15) is 4.79 Å². The molecular weight excluding hydrogens is 196 g/mol. The molecule has 2 aromatic carbocycles. The molecule has 0 amide bonds. The van der Waals surface area contributed by atoms with Crippen LogP contribution in [-0.4, -0.2) is 5.78 Å². The molecule has 0 fully saturated rings. The lowest BCUT2D eigenvalue weighted by Gasteiger charge is -2.10. The summed E-state index contributed by atoms with van der Waals surface area (Å²) in [4.78, 5) is 11.6. The van der Waals surface area contributed by atoms with Gasteiger partial charge in [0.25, 0.3) is 0 Å². The third-order valence-electron chi connectivity index (χ3n) is 2.93. The SMILES string of the molecule is CC(=O)c1cc(C(C)C)cc2ccccc12. The lowest BCUT2D eigenvalue weighted by molar-refractivity contribution is 0.101. The lowest BCUT2D eigenvalue weighted by Crippen LogP contribution is -1.97. The second-order valence-corrected chi connectivity index (χ2v) is 4.50. The van der Waals surface area contributed by atoms with Gasteiger partial charge in [-0.05, 0) is 35.2 Å². The molecule has 82 valence electrons. The Labute approximate surface area is 96.1 Å². The molecule has 0 N–H and O–H groups in total. The quantitative estimate of drug-likeness (QED) is 0.683. The van der Waals surface area contributed by atoms with Crippen LogP contribution in [0.2, 0.25) is 0 Å². The van der Waals surface area contributed by atoms with Crippen molar-refractivity contribution in [2.45, 2.75) is 26.7 Å². The molecule has 0 unspecified atom stereocenters. The van der Waals surface area contributed by atoms with Crippen LogP contribution in [0.15, 0.2) is 36.4 Å². The third-order valence-corrected chi connectivity index (χ3v) is 2.93. The van der Waals surface area contributed by atoms with Gasteiger partial charge in [0.2, 0.25) is 0 Å². The van der Waals surface area contributed by atoms with Gasteiger partial charge < -0.3 is 0 Å². The Balaban J connectivity index is 2.79. The molecule has 2 aromatic rings. The standard InChI is InChI=1S/C15H16O/c1-10(2)13-8-12-6-4-5-7-14(12)15(9-13)11(3)16/h4-10H,1-3H3. The first kappa shape index (κ1) is 10.9. The molecule has 0 aliphatic rings. The fraction of sp³-hybridized carbons (Fsp3) is 0.267. The Morgan fingerprint density at radius 3 is 2.44 bits per heavy atom. The van der Waals surface area contributed by atoms with E-state index in [4.69, 9.17) is 0 Å². The normalized spacial score (nSPS) is 11.0. The van der Waals surface area contributed by atoms with Gasteiger partial charge in [-0.3, -0.25) is 4.79 Å². The first-order valence-corrected chi connectivity index (χ1v) is 5.63. The lowest BCUT2D eigenvalue weighted by atomic mass is 9.94. The van der Waals surface area contributed by atoms with Crippen molar-refractivity contribution >= 4 is 16.6 Å². The van der Waals surface area contributed by atoms with Crippen molar-refractivity contribution in [3.05, 3.63) is 47.5 Å². The fourth-order valence-corrected chi connectivity index (χ4v) is 1.96. The topological polar surface area (TPSA) is 17.1 Å². The van der Waals surface area contributed by atoms with Crippen LogP contribution >= 0.6 is 0 Å². The second-order valence-electron chi connectivity index (χ2n) is 4.50. The third kappa shape index (κ3) is 1.85. The minimum absolute atomic E-state index is 0.138. The fourth-order valence-electron chi connectivity index (χ4n) is 1.96. The summed E-state index contributed by atoms with van der Waals surface area (Å²) in [5.41, 5.74) is 2.06. The summed E-state index contributed by atoms with van der Waals surface area (Å²) in [6.07, 6.45) is 0. The van der Waals surface area contributed by atoms with E-state index < -0.39 is 0 Å². The monoisotopic (exact) mass is 212 g/mol. The van der Waals surface area contributed by atoms with E-state index in [-0.39, 0.29) is 5.78 Å². The van der Waals surface area contributed by atoms with Crippen LogP contribution in [0.5, 0.6) is 0 Å². The van der Waals surface area contributed by atoms with E-state index in [2.05, 4.69) is 26.0 Å². The molecule has 0 atom stereocenters. The molecule has 0 heterocycles. The minimum atomic E-state index is 0.138. The zero-order chi connectivity index (χ0) is 11.7. The summed E-state index contributed by atoms with van der Waals surface area (Å²) in [6, 6.07) is 12.3. The van der Waals surface area contributed by atoms with Gasteiger partial charge in [0, 0.05) is 5.56 Å². The van der Waals surface area contributed by atoms with Crippen LogP contribution in [0.3, 0.4) is 0 Å². The van der Waals surface area contributed by atoms with Crippen LogP contribution in [0.25, 0.3) is 10.8 Å². The van der Waals surface area contributed by atoms with Crippen molar-refractivity contribution < 1.29 is 4.79 Å². The first-order chi connectivity index (χ1) is 7.59. The van der Waals surface area contributed by atoms with E-state index in [0.717, 1.165) is 16.3 Å². The van der Waals surface area contributed by atoms with Gasteiger partial charge in [-0.2, -0.15) is 0 Å². The Kier molecular flexibility index (Phi) is 2.78. The van der Waals surface area contributed by atoms with Crippen molar-refractivity contribution in [1.29, 1.82) is 0 Å². The highest BCUT2D eigenvalue weighted by Gasteiger charge is 2.09. The summed E-state index contributed by atoms with van der Waals surface area (Å²) >= 11 is 0. The van der Waals surface area contributed by atoms with Crippen molar-refractivity contribution in [1.82, 2.24) is 0 Å². The van der Waals surface area contributed by atoms with Crippen LogP contribution < -0.4 is 0 Å². The van der Waals surface area contributed by atoms with E-state index in [0.29, 0.717) is 5.92 Å². The summed E-state index contributed by atoms with van der Waals surface area (Å²) < 4.78 is 0. The van der Waals surface area contributed by atoms with Crippen LogP contribution in [0.4, 0.5) is 0 Å². The molecule has 1 nitrogen and oxygen atoms in total. The first-order valence-electron chi connectivity index (χ1n) is 5.63. The van der Waals surface area contributed by atoms with Gasteiger partial charge in [-0.25, -0.2) is 0 Å². The average Bonchev–Trinajstić information content (AvgIpc) is 2.27. The van der Waals surface area contributed by atoms with Gasteiger partial charge in [0.15, 0.2) is 5.78 Å². The van der Waals surface area contributed by atoms with Gasteiger partial charge in [-0.15, -0.1) is 0 Å². The largest absolute Gasteiger partial charge is 0.294 e. The number of ketones is 1. The predicted molar refractivity (Wildman–Crippen MR) is 68.0 cm³/mol. The van der Waals surface area contributed by atoms with Crippen molar-refractivity contribution in [2.75, 3.05) is 0 Å². The molecule has 0 saturated carbocycles.